The van der Waals surface area contributed by atoms with Gasteiger partial charge in [0.15, 0.2) is 0 Å². The van der Waals surface area contributed by atoms with Crippen molar-refractivity contribution in [3.05, 3.63) is 35.9 Å². The van der Waals surface area contributed by atoms with Crippen LogP contribution in [0.5, 0.6) is 0 Å². The second kappa shape index (κ2) is 6.76. The van der Waals surface area contributed by atoms with E-state index >= 15 is 0 Å². The van der Waals surface area contributed by atoms with E-state index in [1.54, 1.807) is 0 Å². The van der Waals surface area contributed by atoms with Crippen molar-refractivity contribution in [2.75, 3.05) is 6.54 Å². The number of benzene rings is 1. The lowest BCUT2D eigenvalue weighted by molar-refractivity contribution is -0.140. The Bertz CT molecular complexity index is 406. The zero-order valence-corrected chi connectivity index (χ0v) is 10.3. The van der Waals surface area contributed by atoms with Gasteiger partial charge >= 0.3 is 5.97 Å². The molecular weight excluding hydrogens is 232 g/mol. The third kappa shape index (κ3) is 4.55. The van der Waals surface area contributed by atoms with Crippen LogP contribution >= 0.6 is 0 Å². The third-order valence-corrected chi connectivity index (χ3v) is 2.70. The summed E-state index contributed by atoms with van der Waals surface area (Å²) < 4.78 is 0. The van der Waals surface area contributed by atoms with Gasteiger partial charge in [0.05, 0.1) is 6.42 Å². The molecule has 0 heterocycles. The van der Waals surface area contributed by atoms with Gasteiger partial charge < -0.3 is 16.2 Å². The summed E-state index contributed by atoms with van der Waals surface area (Å²) in [6.07, 6.45) is -0.198. The van der Waals surface area contributed by atoms with Gasteiger partial charge in [-0.3, -0.25) is 9.59 Å². The van der Waals surface area contributed by atoms with Gasteiger partial charge in [0.25, 0.3) is 0 Å². The number of aliphatic carboxylic acids is 1. The Labute approximate surface area is 106 Å². The number of amides is 1. The minimum Gasteiger partial charge on any atom is -0.480 e. The van der Waals surface area contributed by atoms with E-state index in [1.807, 2.05) is 37.3 Å². The van der Waals surface area contributed by atoms with Gasteiger partial charge in [0.2, 0.25) is 5.91 Å². The molecule has 5 nitrogen and oxygen atoms in total. The maximum Gasteiger partial charge on any atom is 0.321 e. The highest BCUT2D eigenvalue weighted by molar-refractivity contribution is 5.84. The number of carboxylic acids is 1. The highest BCUT2D eigenvalue weighted by atomic mass is 16.4. The molecule has 0 radical (unpaired) electrons. The smallest absolute Gasteiger partial charge is 0.321 e. The van der Waals surface area contributed by atoms with Crippen LogP contribution in [0.3, 0.4) is 0 Å². The molecule has 2 atom stereocenters. The molecule has 1 amide bonds. The van der Waals surface area contributed by atoms with Crippen LogP contribution in [-0.4, -0.2) is 29.6 Å². The summed E-state index contributed by atoms with van der Waals surface area (Å²) in [5.41, 5.74) is 6.40. The summed E-state index contributed by atoms with van der Waals surface area (Å²) in [5.74, 6) is -1.33. The average molecular weight is 250 g/mol. The van der Waals surface area contributed by atoms with Gasteiger partial charge in [0, 0.05) is 6.54 Å². The first-order valence-electron chi connectivity index (χ1n) is 5.80. The quantitative estimate of drug-likeness (QED) is 0.693. The molecule has 1 aromatic rings. The number of nitrogens with one attached hydrogen (secondary N) is 1. The van der Waals surface area contributed by atoms with Gasteiger partial charge in [-0.1, -0.05) is 37.3 Å². The van der Waals surface area contributed by atoms with Crippen molar-refractivity contribution in [2.24, 2.45) is 5.73 Å². The monoisotopic (exact) mass is 250 g/mol. The van der Waals surface area contributed by atoms with Gasteiger partial charge in [0.1, 0.15) is 6.04 Å². The molecule has 0 aliphatic carbocycles. The average Bonchev–Trinajstić information content (AvgIpc) is 2.36. The molecule has 98 valence electrons. The SMILES string of the molecule is CC(CNC(=O)C[C@H](N)C(=O)O)c1ccccc1. The van der Waals surface area contributed by atoms with Crippen LogP contribution in [-0.2, 0) is 9.59 Å². The summed E-state index contributed by atoms with van der Waals surface area (Å²) in [6.45, 7) is 2.46. The minimum absolute atomic E-state index is 0.177. The molecule has 18 heavy (non-hydrogen) atoms. The van der Waals surface area contributed by atoms with E-state index in [0.29, 0.717) is 6.54 Å². The summed E-state index contributed by atoms with van der Waals surface area (Å²) in [6, 6.07) is 8.64. The fourth-order valence-corrected chi connectivity index (χ4v) is 1.53. The zero-order valence-electron chi connectivity index (χ0n) is 10.3. The molecule has 0 spiro atoms. The van der Waals surface area contributed by atoms with Crippen LogP contribution in [0.4, 0.5) is 0 Å². The molecule has 0 aliphatic heterocycles. The molecule has 0 fully saturated rings. The first kappa shape index (κ1) is 14.2. The van der Waals surface area contributed by atoms with Crippen LogP contribution in [0.2, 0.25) is 0 Å². The largest absolute Gasteiger partial charge is 0.480 e. The maximum atomic E-state index is 11.4. The number of carbonyl (C=O) groups excluding carboxylic acids is 1. The molecule has 0 saturated heterocycles. The highest BCUT2D eigenvalue weighted by Crippen LogP contribution is 2.12. The first-order chi connectivity index (χ1) is 8.50. The second-order valence-corrected chi connectivity index (χ2v) is 4.26. The second-order valence-electron chi connectivity index (χ2n) is 4.26. The third-order valence-electron chi connectivity index (χ3n) is 2.70. The molecule has 0 aromatic heterocycles. The van der Waals surface area contributed by atoms with E-state index in [-0.39, 0.29) is 18.2 Å². The minimum atomic E-state index is -1.17. The molecule has 5 heteroatoms. The highest BCUT2D eigenvalue weighted by Gasteiger charge is 2.16. The molecule has 4 N–H and O–H groups in total. The summed E-state index contributed by atoms with van der Waals surface area (Å²) in [7, 11) is 0. The summed E-state index contributed by atoms with van der Waals surface area (Å²) in [4.78, 5) is 21.9. The molecule has 1 rings (SSSR count). The lowest BCUT2D eigenvalue weighted by Gasteiger charge is -2.13. The Balaban J connectivity index is 2.37. The first-order valence-corrected chi connectivity index (χ1v) is 5.80. The number of hydrogen-bond acceptors (Lipinski definition) is 3. The van der Waals surface area contributed by atoms with E-state index in [2.05, 4.69) is 5.32 Å². The van der Waals surface area contributed by atoms with Crippen LogP contribution in [0.15, 0.2) is 30.3 Å². The number of carbonyl (C=O) groups is 2. The van der Waals surface area contributed by atoms with E-state index in [4.69, 9.17) is 10.8 Å². The standard InChI is InChI=1S/C13H18N2O3/c1-9(10-5-3-2-4-6-10)8-15-12(16)7-11(14)13(17)18/h2-6,9,11H,7-8,14H2,1H3,(H,15,16)(H,17,18)/t9?,11-/m0/s1. The van der Waals surface area contributed by atoms with Crippen LogP contribution in [0.1, 0.15) is 24.8 Å². The Kier molecular flexibility index (Phi) is 5.32. The zero-order chi connectivity index (χ0) is 13.5. The number of hydrogen-bond donors (Lipinski definition) is 3. The predicted octanol–water partition coefficient (Wildman–Crippen LogP) is 0.708. The van der Waals surface area contributed by atoms with Crippen molar-refractivity contribution < 1.29 is 14.7 Å². The van der Waals surface area contributed by atoms with E-state index < -0.39 is 12.0 Å². The molecule has 1 unspecified atom stereocenters. The topological polar surface area (TPSA) is 92.4 Å². The fourth-order valence-electron chi connectivity index (χ4n) is 1.53. The van der Waals surface area contributed by atoms with Gasteiger partial charge in [-0.05, 0) is 11.5 Å². The predicted molar refractivity (Wildman–Crippen MR) is 68.1 cm³/mol. The van der Waals surface area contributed by atoms with Crippen molar-refractivity contribution in [1.29, 1.82) is 0 Å². The van der Waals surface area contributed by atoms with Gasteiger partial charge in [-0.25, -0.2) is 0 Å². The Morgan fingerprint density at radius 3 is 2.50 bits per heavy atom. The van der Waals surface area contributed by atoms with E-state index in [0.717, 1.165) is 5.56 Å². The van der Waals surface area contributed by atoms with Crippen molar-refractivity contribution in [1.82, 2.24) is 5.32 Å². The molecular formula is C13H18N2O3. The van der Waals surface area contributed by atoms with Crippen molar-refractivity contribution in [3.63, 3.8) is 0 Å². The van der Waals surface area contributed by atoms with Crippen LogP contribution < -0.4 is 11.1 Å². The normalized spacial score (nSPS) is 13.7. The van der Waals surface area contributed by atoms with Gasteiger partial charge in [-0.2, -0.15) is 0 Å². The Morgan fingerprint density at radius 1 is 1.33 bits per heavy atom. The number of carboxylic acid groups (broad SMARTS) is 1. The fraction of sp³-hybridized carbons (Fsp3) is 0.385. The summed E-state index contributed by atoms with van der Waals surface area (Å²) in [5, 5.41) is 11.3. The van der Waals surface area contributed by atoms with Crippen LogP contribution in [0.25, 0.3) is 0 Å². The summed E-state index contributed by atoms with van der Waals surface area (Å²) >= 11 is 0. The number of nitrogens with two attached hydrogens (primary N) is 1. The van der Waals surface area contributed by atoms with Crippen molar-refractivity contribution in [3.8, 4) is 0 Å². The lowest BCUT2D eigenvalue weighted by atomic mass is 10.0. The molecule has 0 aliphatic rings. The molecule has 0 bridgehead atoms. The van der Waals surface area contributed by atoms with Crippen molar-refractivity contribution in [2.45, 2.75) is 25.3 Å². The maximum absolute atomic E-state index is 11.4. The number of rotatable bonds is 6. The molecule has 0 saturated carbocycles. The Hall–Kier alpha value is -1.88. The lowest BCUT2D eigenvalue weighted by Crippen LogP contribution is -2.38. The van der Waals surface area contributed by atoms with E-state index in [9.17, 15) is 9.59 Å². The Morgan fingerprint density at radius 2 is 1.94 bits per heavy atom. The van der Waals surface area contributed by atoms with E-state index in [1.165, 1.54) is 0 Å². The molecule has 1 aromatic carbocycles. The van der Waals surface area contributed by atoms with Crippen molar-refractivity contribution >= 4 is 11.9 Å². The van der Waals surface area contributed by atoms with Gasteiger partial charge in [-0.15, -0.1) is 0 Å². The van der Waals surface area contributed by atoms with Crippen LogP contribution in [0, 0.1) is 0 Å².